The summed E-state index contributed by atoms with van der Waals surface area (Å²) in [6.45, 7) is 2.44. The Hall–Kier alpha value is -2.54. The lowest BCUT2D eigenvalue weighted by Crippen LogP contribution is -2.45. The molecular weight excluding hydrogens is 297 g/mol. The largest absolute Gasteiger partial charge is 0.343 e. The number of pyridine rings is 1. The minimum absolute atomic E-state index is 0.179. The topological polar surface area (TPSA) is 66.8 Å². The van der Waals surface area contributed by atoms with E-state index in [4.69, 9.17) is 0 Å². The second-order valence-corrected chi connectivity index (χ2v) is 5.98. The third-order valence-electron chi connectivity index (χ3n) is 4.33. The van der Waals surface area contributed by atoms with Crippen LogP contribution in [0.3, 0.4) is 0 Å². The van der Waals surface area contributed by atoms with E-state index in [9.17, 15) is 9.18 Å². The first-order valence-corrected chi connectivity index (χ1v) is 7.49. The fraction of sp³-hybridized carbons (Fsp3) is 0.312. The molecule has 0 spiro atoms. The first-order chi connectivity index (χ1) is 11.1. The fourth-order valence-electron chi connectivity index (χ4n) is 3.04. The van der Waals surface area contributed by atoms with Gasteiger partial charge in [-0.15, -0.1) is 0 Å². The monoisotopic (exact) mass is 313 g/mol. The molecule has 0 radical (unpaired) electrons. The van der Waals surface area contributed by atoms with Gasteiger partial charge in [0.1, 0.15) is 11.6 Å². The Morgan fingerprint density at radius 1 is 1.30 bits per heavy atom. The zero-order valence-corrected chi connectivity index (χ0v) is 12.7. The molecule has 1 aliphatic rings. The van der Waals surface area contributed by atoms with Crippen molar-refractivity contribution in [3.63, 3.8) is 0 Å². The number of rotatable bonds is 3. The second-order valence-electron chi connectivity index (χ2n) is 5.98. The summed E-state index contributed by atoms with van der Waals surface area (Å²) < 4.78 is 14.7. The van der Waals surface area contributed by atoms with Gasteiger partial charge in [0.05, 0.1) is 11.2 Å². The molecule has 23 heavy (non-hydrogen) atoms. The number of hydrogen-bond donors (Lipinski definition) is 1. The van der Waals surface area contributed by atoms with Crippen LogP contribution >= 0.6 is 0 Å². The molecular formula is C16H16FN5O. The van der Waals surface area contributed by atoms with Gasteiger partial charge < -0.3 is 0 Å². The van der Waals surface area contributed by atoms with Crippen molar-refractivity contribution >= 4 is 10.9 Å². The molecule has 7 heteroatoms. The molecule has 0 unspecified atom stereocenters. The van der Waals surface area contributed by atoms with E-state index in [2.05, 4.69) is 20.1 Å². The number of fused-ring (bicyclic) bond motifs is 1. The van der Waals surface area contributed by atoms with Crippen LogP contribution in [0.25, 0.3) is 10.9 Å². The Labute approximate surface area is 131 Å². The Morgan fingerprint density at radius 2 is 2.13 bits per heavy atom. The lowest BCUT2D eigenvalue weighted by atomic mass is 9.99. The summed E-state index contributed by atoms with van der Waals surface area (Å²) in [6.07, 6.45) is 0. The lowest BCUT2D eigenvalue weighted by molar-refractivity contribution is 0.131. The average Bonchev–Trinajstić information content (AvgIpc) is 2.82. The molecule has 0 amide bonds. The molecule has 3 aromatic rings. The van der Waals surface area contributed by atoms with Gasteiger partial charge in [-0.3, -0.25) is 14.5 Å². The highest BCUT2D eigenvalue weighted by Gasteiger charge is 2.31. The van der Waals surface area contributed by atoms with E-state index in [1.165, 1.54) is 12.1 Å². The quantitative estimate of drug-likeness (QED) is 0.793. The van der Waals surface area contributed by atoms with Gasteiger partial charge >= 0.3 is 5.69 Å². The van der Waals surface area contributed by atoms with Gasteiger partial charge in [0.2, 0.25) is 0 Å². The van der Waals surface area contributed by atoms with Gasteiger partial charge in [0.25, 0.3) is 0 Å². The van der Waals surface area contributed by atoms with Crippen molar-refractivity contribution in [3.8, 4) is 0 Å². The third kappa shape index (κ3) is 2.53. The Kier molecular flexibility index (Phi) is 3.23. The minimum atomic E-state index is -0.248. The maximum Gasteiger partial charge on any atom is 0.343 e. The summed E-state index contributed by atoms with van der Waals surface area (Å²) in [5, 5.41) is 7.35. The van der Waals surface area contributed by atoms with E-state index in [-0.39, 0.29) is 17.4 Å². The molecule has 3 heterocycles. The van der Waals surface area contributed by atoms with E-state index in [1.807, 2.05) is 12.1 Å². The lowest BCUT2D eigenvalue weighted by Gasteiger charge is -2.38. The second kappa shape index (κ2) is 5.27. The number of nitrogens with zero attached hydrogens (tertiary/aromatic N) is 4. The Balaban J connectivity index is 1.45. The van der Waals surface area contributed by atoms with Crippen LogP contribution in [-0.4, -0.2) is 37.7 Å². The van der Waals surface area contributed by atoms with Gasteiger partial charge in [-0.25, -0.2) is 14.3 Å². The number of nitrogens with one attached hydrogen (secondary N) is 1. The summed E-state index contributed by atoms with van der Waals surface area (Å²) >= 11 is 0. The SMILES string of the molecule is Cn1c(C2CN(Cc3ccc4cc(F)ccc4n3)C2)n[nH]c1=O. The highest BCUT2D eigenvalue weighted by atomic mass is 19.1. The number of halogens is 1. The van der Waals surface area contributed by atoms with Crippen LogP contribution in [0.1, 0.15) is 17.4 Å². The van der Waals surface area contributed by atoms with Gasteiger partial charge in [0.15, 0.2) is 0 Å². The normalized spacial score (nSPS) is 15.9. The summed E-state index contributed by atoms with van der Waals surface area (Å²) in [7, 11) is 1.73. The molecule has 118 valence electrons. The first-order valence-electron chi connectivity index (χ1n) is 7.49. The van der Waals surface area contributed by atoms with Crippen LogP contribution in [0.4, 0.5) is 4.39 Å². The van der Waals surface area contributed by atoms with Crippen molar-refractivity contribution < 1.29 is 4.39 Å². The number of aromatic nitrogens is 4. The van der Waals surface area contributed by atoms with E-state index in [0.29, 0.717) is 0 Å². The molecule has 4 rings (SSSR count). The number of aromatic amines is 1. The van der Waals surface area contributed by atoms with Gasteiger partial charge in [0, 0.05) is 38.0 Å². The van der Waals surface area contributed by atoms with Crippen molar-refractivity contribution in [2.45, 2.75) is 12.5 Å². The van der Waals surface area contributed by atoms with Gasteiger partial charge in [-0.2, -0.15) is 5.10 Å². The third-order valence-corrected chi connectivity index (χ3v) is 4.33. The van der Waals surface area contributed by atoms with Crippen molar-refractivity contribution in [2.24, 2.45) is 7.05 Å². The molecule has 1 aromatic carbocycles. The fourth-order valence-corrected chi connectivity index (χ4v) is 3.04. The molecule has 0 atom stereocenters. The molecule has 1 aliphatic heterocycles. The molecule has 0 bridgehead atoms. The number of H-pyrrole nitrogens is 1. The molecule has 1 saturated heterocycles. The van der Waals surface area contributed by atoms with E-state index < -0.39 is 0 Å². The minimum Gasteiger partial charge on any atom is -0.296 e. The summed E-state index contributed by atoms with van der Waals surface area (Å²) in [4.78, 5) is 18.2. The Morgan fingerprint density at radius 3 is 2.87 bits per heavy atom. The van der Waals surface area contributed by atoms with Crippen LogP contribution in [0.15, 0.2) is 35.1 Å². The zero-order valence-electron chi connectivity index (χ0n) is 12.7. The molecule has 1 N–H and O–H groups in total. The molecule has 0 aliphatic carbocycles. The average molecular weight is 313 g/mol. The smallest absolute Gasteiger partial charge is 0.296 e. The summed E-state index contributed by atoms with van der Waals surface area (Å²) in [6, 6.07) is 8.45. The molecule has 6 nitrogen and oxygen atoms in total. The van der Waals surface area contributed by atoms with Crippen LogP contribution in [0.2, 0.25) is 0 Å². The van der Waals surface area contributed by atoms with Crippen LogP contribution < -0.4 is 5.69 Å². The highest BCUT2D eigenvalue weighted by Crippen LogP contribution is 2.26. The summed E-state index contributed by atoms with van der Waals surface area (Å²) in [5.74, 6) is 0.823. The molecule has 1 fully saturated rings. The predicted molar refractivity (Wildman–Crippen MR) is 83.5 cm³/mol. The molecule has 2 aromatic heterocycles. The van der Waals surface area contributed by atoms with Crippen LogP contribution in [0, 0.1) is 5.82 Å². The highest BCUT2D eigenvalue weighted by molar-refractivity contribution is 5.78. The van der Waals surface area contributed by atoms with Crippen molar-refractivity contribution in [1.82, 2.24) is 24.6 Å². The van der Waals surface area contributed by atoms with Crippen molar-refractivity contribution in [3.05, 3.63) is 58.2 Å². The standard InChI is InChI=1S/C16H16FN5O/c1-21-15(19-20-16(21)23)11-7-22(8-11)9-13-4-2-10-6-12(17)3-5-14(10)18-13/h2-6,11H,7-9H2,1H3,(H,20,23). The van der Waals surface area contributed by atoms with E-state index in [1.54, 1.807) is 17.7 Å². The zero-order chi connectivity index (χ0) is 16.0. The number of hydrogen-bond acceptors (Lipinski definition) is 4. The van der Waals surface area contributed by atoms with Crippen LogP contribution in [-0.2, 0) is 13.6 Å². The number of benzene rings is 1. The van der Waals surface area contributed by atoms with Crippen molar-refractivity contribution in [2.75, 3.05) is 13.1 Å². The number of likely N-dealkylation sites (tertiary alicyclic amines) is 1. The Bertz CT molecular complexity index is 926. The predicted octanol–water partition coefficient (Wildman–Crippen LogP) is 1.40. The summed E-state index contributed by atoms with van der Waals surface area (Å²) in [5.41, 5.74) is 1.58. The van der Waals surface area contributed by atoms with E-state index in [0.717, 1.165) is 42.1 Å². The van der Waals surface area contributed by atoms with Gasteiger partial charge in [-0.1, -0.05) is 6.07 Å². The maximum atomic E-state index is 13.2. The first kappa shape index (κ1) is 14.1. The van der Waals surface area contributed by atoms with Crippen LogP contribution in [0.5, 0.6) is 0 Å². The molecule has 0 saturated carbocycles. The van der Waals surface area contributed by atoms with Crippen molar-refractivity contribution in [1.29, 1.82) is 0 Å². The van der Waals surface area contributed by atoms with Gasteiger partial charge in [-0.05, 0) is 24.3 Å². The maximum absolute atomic E-state index is 13.2. The van der Waals surface area contributed by atoms with E-state index >= 15 is 0 Å².